The van der Waals surface area contributed by atoms with Crippen molar-refractivity contribution in [2.75, 3.05) is 12.8 Å². The van der Waals surface area contributed by atoms with E-state index in [2.05, 4.69) is 11.6 Å². The number of halogens is 1. The van der Waals surface area contributed by atoms with Gasteiger partial charge in [0.25, 0.3) is 0 Å². The number of rotatable bonds is 6. The smallest absolute Gasteiger partial charge is 0.248 e. The van der Waals surface area contributed by atoms with Gasteiger partial charge in [0.15, 0.2) is 0 Å². The Kier molecular flexibility index (Phi) is 5.97. The Hall–Kier alpha value is -0.710. The van der Waals surface area contributed by atoms with Gasteiger partial charge in [-0.05, 0) is 36.8 Å². The molecule has 1 saturated carbocycles. The van der Waals surface area contributed by atoms with Crippen LogP contribution in [-0.4, -0.2) is 23.5 Å². The SMILES string of the molecule is CSC1(CNCc2ccc(C(N)=O)cc2Cl)CCCCC1. The molecule has 0 saturated heterocycles. The van der Waals surface area contributed by atoms with Gasteiger partial charge in [-0.2, -0.15) is 11.8 Å². The van der Waals surface area contributed by atoms with E-state index in [1.54, 1.807) is 12.1 Å². The van der Waals surface area contributed by atoms with Crippen molar-refractivity contribution in [1.82, 2.24) is 5.32 Å². The first-order chi connectivity index (χ1) is 10.1. The highest BCUT2D eigenvalue weighted by Crippen LogP contribution is 2.38. The number of carbonyl (C=O) groups excluding carboxylic acids is 1. The molecule has 1 aliphatic rings. The Bertz CT molecular complexity index is 501. The first-order valence-corrected chi connectivity index (χ1v) is 9.01. The lowest BCUT2D eigenvalue weighted by atomic mass is 9.88. The molecule has 0 heterocycles. The Labute approximate surface area is 136 Å². The van der Waals surface area contributed by atoms with Gasteiger partial charge in [-0.3, -0.25) is 4.79 Å². The van der Waals surface area contributed by atoms with Crippen LogP contribution in [0, 0.1) is 0 Å². The number of primary amides is 1. The van der Waals surface area contributed by atoms with Crippen LogP contribution >= 0.6 is 23.4 Å². The monoisotopic (exact) mass is 326 g/mol. The van der Waals surface area contributed by atoms with E-state index in [1.807, 2.05) is 17.8 Å². The van der Waals surface area contributed by atoms with Gasteiger partial charge >= 0.3 is 0 Å². The first kappa shape index (κ1) is 16.7. The number of thioether (sulfide) groups is 1. The van der Waals surface area contributed by atoms with E-state index in [0.717, 1.165) is 18.7 Å². The fourth-order valence-corrected chi connectivity index (χ4v) is 4.11. The zero-order valence-electron chi connectivity index (χ0n) is 12.5. The maximum atomic E-state index is 11.1. The van der Waals surface area contributed by atoms with E-state index in [9.17, 15) is 4.79 Å². The van der Waals surface area contributed by atoms with Crippen molar-refractivity contribution in [1.29, 1.82) is 0 Å². The van der Waals surface area contributed by atoms with Crippen LogP contribution in [0.5, 0.6) is 0 Å². The van der Waals surface area contributed by atoms with Crippen molar-refractivity contribution in [3.8, 4) is 0 Å². The molecule has 0 radical (unpaired) electrons. The molecule has 21 heavy (non-hydrogen) atoms. The summed E-state index contributed by atoms with van der Waals surface area (Å²) in [5, 5.41) is 4.13. The van der Waals surface area contributed by atoms with Crippen molar-refractivity contribution in [3.63, 3.8) is 0 Å². The van der Waals surface area contributed by atoms with E-state index in [1.165, 1.54) is 32.1 Å². The molecule has 1 aliphatic carbocycles. The summed E-state index contributed by atoms with van der Waals surface area (Å²) < 4.78 is 0.373. The molecular formula is C16H23ClN2OS. The lowest BCUT2D eigenvalue weighted by Gasteiger charge is -2.36. The summed E-state index contributed by atoms with van der Waals surface area (Å²) in [4.78, 5) is 11.1. The second kappa shape index (κ2) is 7.52. The number of nitrogens with one attached hydrogen (secondary N) is 1. The van der Waals surface area contributed by atoms with Gasteiger partial charge in [-0.1, -0.05) is 36.9 Å². The van der Waals surface area contributed by atoms with E-state index >= 15 is 0 Å². The minimum absolute atomic E-state index is 0.373. The van der Waals surface area contributed by atoms with Gasteiger partial charge in [0, 0.05) is 28.4 Å². The molecule has 1 aromatic carbocycles. The normalized spacial score (nSPS) is 17.6. The van der Waals surface area contributed by atoms with Crippen molar-refractivity contribution in [2.24, 2.45) is 5.73 Å². The predicted octanol–water partition coefficient (Wildman–Crippen LogP) is 3.59. The summed E-state index contributed by atoms with van der Waals surface area (Å²) in [5.74, 6) is -0.444. The number of amides is 1. The quantitative estimate of drug-likeness (QED) is 0.840. The summed E-state index contributed by atoms with van der Waals surface area (Å²) >= 11 is 8.19. The number of benzene rings is 1. The number of nitrogens with two attached hydrogens (primary N) is 1. The molecule has 0 atom stereocenters. The molecule has 5 heteroatoms. The van der Waals surface area contributed by atoms with Crippen LogP contribution in [-0.2, 0) is 6.54 Å². The molecule has 1 fully saturated rings. The van der Waals surface area contributed by atoms with Crippen molar-refractivity contribution in [2.45, 2.75) is 43.4 Å². The van der Waals surface area contributed by atoms with Crippen molar-refractivity contribution in [3.05, 3.63) is 34.3 Å². The minimum atomic E-state index is -0.444. The van der Waals surface area contributed by atoms with Crippen LogP contribution in [0.15, 0.2) is 18.2 Å². The van der Waals surface area contributed by atoms with Crippen molar-refractivity contribution >= 4 is 29.3 Å². The topological polar surface area (TPSA) is 55.1 Å². The molecule has 0 spiro atoms. The lowest BCUT2D eigenvalue weighted by Crippen LogP contribution is -2.39. The summed E-state index contributed by atoms with van der Waals surface area (Å²) in [5.41, 5.74) is 6.71. The molecule has 2 rings (SSSR count). The van der Waals surface area contributed by atoms with E-state index in [4.69, 9.17) is 17.3 Å². The Balaban J connectivity index is 1.92. The molecular weight excluding hydrogens is 304 g/mol. The molecule has 0 aliphatic heterocycles. The van der Waals surface area contributed by atoms with Crippen LogP contribution in [0.4, 0.5) is 0 Å². The molecule has 116 valence electrons. The Morgan fingerprint density at radius 1 is 1.38 bits per heavy atom. The lowest BCUT2D eigenvalue weighted by molar-refractivity contribution is 0.100. The largest absolute Gasteiger partial charge is 0.366 e. The highest BCUT2D eigenvalue weighted by atomic mass is 35.5. The summed E-state index contributed by atoms with van der Waals surface area (Å²) in [6.45, 7) is 1.72. The first-order valence-electron chi connectivity index (χ1n) is 7.40. The van der Waals surface area contributed by atoms with Gasteiger partial charge in [-0.25, -0.2) is 0 Å². The molecule has 3 nitrogen and oxygen atoms in total. The fourth-order valence-electron chi connectivity index (χ4n) is 2.92. The zero-order valence-corrected chi connectivity index (χ0v) is 14.0. The summed E-state index contributed by atoms with van der Waals surface area (Å²) in [7, 11) is 0. The third kappa shape index (κ3) is 4.38. The van der Waals surface area contributed by atoms with Crippen LogP contribution in [0.2, 0.25) is 5.02 Å². The average Bonchev–Trinajstić information content (AvgIpc) is 2.49. The molecule has 1 amide bonds. The Morgan fingerprint density at radius 2 is 2.10 bits per heavy atom. The standard InChI is InChI=1S/C16H23ClN2OS/c1-21-16(7-3-2-4-8-16)11-19-10-13-6-5-12(15(18)20)9-14(13)17/h5-6,9,19H,2-4,7-8,10-11H2,1H3,(H2,18,20). The summed E-state index contributed by atoms with van der Waals surface area (Å²) in [6.07, 6.45) is 8.81. The fraction of sp³-hybridized carbons (Fsp3) is 0.562. The van der Waals surface area contributed by atoms with Crippen molar-refractivity contribution < 1.29 is 4.79 Å². The molecule has 0 bridgehead atoms. The molecule has 0 aromatic heterocycles. The van der Waals surface area contributed by atoms with E-state index in [0.29, 0.717) is 15.3 Å². The second-order valence-electron chi connectivity index (χ2n) is 5.72. The van der Waals surface area contributed by atoms with Gasteiger partial charge < -0.3 is 11.1 Å². The van der Waals surface area contributed by atoms with Crippen LogP contribution in [0.1, 0.15) is 48.0 Å². The number of carbonyl (C=O) groups is 1. The van der Waals surface area contributed by atoms with Gasteiger partial charge in [0.2, 0.25) is 5.91 Å². The maximum absolute atomic E-state index is 11.1. The number of hydrogen-bond acceptors (Lipinski definition) is 3. The average molecular weight is 327 g/mol. The van der Waals surface area contributed by atoms with Gasteiger partial charge in [-0.15, -0.1) is 0 Å². The van der Waals surface area contributed by atoms with E-state index in [-0.39, 0.29) is 0 Å². The zero-order chi connectivity index (χ0) is 15.3. The van der Waals surface area contributed by atoms with Gasteiger partial charge in [0.05, 0.1) is 0 Å². The van der Waals surface area contributed by atoms with Crippen LogP contribution < -0.4 is 11.1 Å². The third-order valence-electron chi connectivity index (χ3n) is 4.30. The third-order valence-corrected chi connectivity index (χ3v) is 6.07. The maximum Gasteiger partial charge on any atom is 0.248 e. The number of hydrogen-bond donors (Lipinski definition) is 2. The highest BCUT2D eigenvalue weighted by molar-refractivity contribution is 8.00. The van der Waals surface area contributed by atoms with Gasteiger partial charge in [0.1, 0.15) is 0 Å². The Morgan fingerprint density at radius 3 is 2.67 bits per heavy atom. The van der Waals surface area contributed by atoms with E-state index < -0.39 is 5.91 Å². The molecule has 3 N–H and O–H groups in total. The predicted molar refractivity (Wildman–Crippen MR) is 91.0 cm³/mol. The minimum Gasteiger partial charge on any atom is -0.366 e. The van der Waals surface area contributed by atoms with Crippen LogP contribution in [0.25, 0.3) is 0 Å². The highest BCUT2D eigenvalue weighted by Gasteiger charge is 2.30. The molecule has 1 aromatic rings. The molecule has 0 unspecified atom stereocenters. The summed E-state index contributed by atoms with van der Waals surface area (Å²) in [6, 6.07) is 5.25. The van der Waals surface area contributed by atoms with Crippen LogP contribution in [0.3, 0.4) is 0 Å². The second-order valence-corrected chi connectivity index (χ2v) is 7.40.